The standard InChI is InChI=1S/C18H21N3O.2ClH/c1-18(12-19,16-7-8-16)21-17(22)15-9-14(10-20-11-15)13-5-3-2-4-6-13;;/h2-6,9-11,16H,7-8,12,19H2,1H3,(H,21,22);2*1H. The third-order valence-electron chi connectivity index (χ3n) is 4.41. The van der Waals surface area contributed by atoms with Crippen molar-refractivity contribution in [1.82, 2.24) is 10.3 Å². The second-order valence-electron chi connectivity index (χ2n) is 6.18. The van der Waals surface area contributed by atoms with Gasteiger partial charge in [-0.3, -0.25) is 9.78 Å². The normalized spacial score (nSPS) is 15.4. The Morgan fingerprint density at radius 3 is 2.46 bits per heavy atom. The van der Waals surface area contributed by atoms with Crippen molar-refractivity contribution < 1.29 is 4.79 Å². The zero-order chi connectivity index (χ0) is 15.6. The van der Waals surface area contributed by atoms with E-state index in [1.807, 2.05) is 43.3 Å². The van der Waals surface area contributed by atoms with E-state index in [0.717, 1.165) is 24.0 Å². The summed E-state index contributed by atoms with van der Waals surface area (Å²) < 4.78 is 0. The lowest BCUT2D eigenvalue weighted by molar-refractivity contribution is 0.0897. The van der Waals surface area contributed by atoms with Crippen LogP contribution >= 0.6 is 24.8 Å². The van der Waals surface area contributed by atoms with Gasteiger partial charge in [0, 0.05) is 24.5 Å². The molecule has 0 radical (unpaired) electrons. The maximum atomic E-state index is 12.5. The number of halogens is 2. The van der Waals surface area contributed by atoms with Crippen molar-refractivity contribution in [1.29, 1.82) is 0 Å². The number of carbonyl (C=O) groups is 1. The minimum absolute atomic E-state index is 0. The number of carbonyl (C=O) groups excluding carboxylic acids is 1. The van der Waals surface area contributed by atoms with Gasteiger partial charge in [-0.15, -0.1) is 24.8 Å². The number of aromatic nitrogens is 1. The van der Waals surface area contributed by atoms with Crippen molar-refractivity contribution >= 4 is 30.7 Å². The summed E-state index contributed by atoms with van der Waals surface area (Å²) in [6.07, 6.45) is 5.65. The van der Waals surface area contributed by atoms with Gasteiger partial charge in [0.15, 0.2) is 0 Å². The molecule has 1 atom stereocenters. The van der Waals surface area contributed by atoms with E-state index in [-0.39, 0.29) is 36.3 Å². The monoisotopic (exact) mass is 367 g/mol. The van der Waals surface area contributed by atoms with E-state index in [2.05, 4.69) is 10.3 Å². The molecular formula is C18H23Cl2N3O. The summed E-state index contributed by atoms with van der Waals surface area (Å²) >= 11 is 0. The zero-order valence-electron chi connectivity index (χ0n) is 13.6. The number of nitrogens with one attached hydrogen (secondary N) is 1. The smallest absolute Gasteiger partial charge is 0.253 e. The Morgan fingerprint density at radius 1 is 1.21 bits per heavy atom. The lowest BCUT2D eigenvalue weighted by Gasteiger charge is -2.29. The van der Waals surface area contributed by atoms with Gasteiger partial charge in [-0.05, 0) is 37.3 Å². The minimum Gasteiger partial charge on any atom is -0.345 e. The lowest BCUT2D eigenvalue weighted by Crippen LogP contribution is -2.53. The van der Waals surface area contributed by atoms with Crippen LogP contribution < -0.4 is 11.1 Å². The van der Waals surface area contributed by atoms with Gasteiger partial charge in [0.2, 0.25) is 0 Å². The Morgan fingerprint density at radius 2 is 1.88 bits per heavy atom. The lowest BCUT2D eigenvalue weighted by atomic mass is 9.95. The van der Waals surface area contributed by atoms with E-state index in [1.54, 1.807) is 12.4 Å². The summed E-state index contributed by atoms with van der Waals surface area (Å²) in [7, 11) is 0. The molecule has 130 valence electrons. The molecule has 3 N–H and O–H groups in total. The van der Waals surface area contributed by atoms with Gasteiger partial charge in [-0.1, -0.05) is 30.3 Å². The molecule has 1 heterocycles. The zero-order valence-corrected chi connectivity index (χ0v) is 15.2. The van der Waals surface area contributed by atoms with Crippen LogP contribution in [0, 0.1) is 5.92 Å². The molecule has 4 nitrogen and oxygen atoms in total. The average Bonchev–Trinajstić information content (AvgIpc) is 3.41. The predicted octanol–water partition coefficient (Wildman–Crippen LogP) is 3.45. The van der Waals surface area contributed by atoms with Gasteiger partial charge < -0.3 is 11.1 Å². The summed E-state index contributed by atoms with van der Waals surface area (Å²) in [5.41, 5.74) is 8.10. The van der Waals surface area contributed by atoms with Gasteiger partial charge in [0.1, 0.15) is 0 Å². The first-order valence-electron chi connectivity index (χ1n) is 7.65. The summed E-state index contributed by atoms with van der Waals surface area (Å²) in [5.74, 6) is 0.386. The molecule has 1 amide bonds. The predicted molar refractivity (Wildman–Crippen MR) is 102 cm³/mol. The first kappa shape index (κ1) is 20.4. The van der Waals surface area contributed by atoms with Crippen LogP contribution in [0.15, 0.2) is 48.8 Å². The van der Waals surface area contributed by atoms with Crippen molar-refractivity contribution in [2.75, 3.05) is 6.54 Å². The van der Waals surface area contributed by atoms with Crippen molar-refractivity contribution in [2.45, 2.75) is 25.3 Å². The van der Waals surface area contributed by atoms with Crippen LogP contribution in [0.5, 0.6) is 0 Å². The second kappa shape index (κ2) is 8.47. The van der Waals surface area contributed by atoms with Crippen molar-refractivity contribution in [2.24, 2.45) is 11.7 Å². The number of nitrogens with zero attached hydrogens (tertiary/aromatic N) is 1. The maximum absolute atomic E-state index is 12.5. The van der Waals surface area contributed by atoms with E-state index in [0.29, 0.717) is 18.0 Å². The number of rotatable bonds is 5. The van der Waals surface area contributed by atoms with Gasteiger partial charge in [-0.2, -0.15) is 0 Å². The molecule has 3 rings (SSSR count). The summed E-state index contributed by atoms with van der Waals surface area (Å²) in [4.78, 5) is 16.7. The summed E-state index contributed by atoms with van der Waals surface area (Å²) in [5, 5.41) is 3.10. The Bertz CT molecular complexity index is 677. The molecule has 6 heteroatoms. The number of amides is 1. The number of hydrogen-bond donors (Lipinski definition) is 2. The molecule has 0 aliphatic heterocycles. The molecule has 1 aromatic carbocycles. The molecule has 1 aromatic heterocycles. The molecule has 1 aliphatic rings. The molecular weight excluding hydrogens is 345 g/mol. The van der Waals surface area contributed by atoms with Crippen LogP contribution in [0.4, 0.5) is 0 Å². The van der Waals surface area contributed by atoms with Crippen molar-refractivity contribution in [3.8, 4) is 11.1 Å². The molecule has 2 aromatic rings. The van der Waals surface area contributed by atoms with Crippen LogP contribution in [0.2, 0.25) is 0 Å². The molecule has 0 bridgehead atoms. The second-order valence-corrected chi connectivity index (χ2v) is 6.18. The SMILES string of the molecule is CC(CN)(NC(=O)c1cncc(-c2ccccc2)c1)C1CC1.Cl.Cl. The van der Waals surface area contributed by atoms with Gasteiger partial charge in [0.25, 0.3) is 5.91 Å². The number of benzene rings is 1. The average molecular weight is 368 g/mol. The molecule has 0 spiro atoms. The van der Waals surface area contributed by atoms with Crippen LogP contribution in [0.3, 0.4) is 0 Å². The highest BCUT2D eigenvalue weighted by Gasteiger charge is 2.41. The molecule has 24 heavy (non-hydrogen) atoms. The number of hydrogen-bond acceptors (Lipinski definition) is 3. The fourth-order valence-electron chi connectivity index (χ4n) is 2.72. The van der Waals surface area contributed by atoms with E-state index >= 15 is 0 Å². The van der Waals surface area contributed by atoms with Crippen LogP contribution in [-0.4, -0.2) is 23.0 Å². The fraction of sp³-hybridized carbons (Fsp3) is 0.333. The largest absolute Gasteiger partial charge is 0.345 e. The number of nitrogens with two attached hydrogens (primary N) is 1. The Balaban J connectivity index is 0.00000144. The highest BCUT2D eigenvalue weighted by atomic mass is 35.5. The Labute approximate surface area is 155 Å². The van der Waals surface area contributed by atoms with Crippen LogP contribution in [0.1, 0.15) is 30.1 Å². The van der Waals surface area contributed by atoms with Crippen LogP contribution in [-0.2, 0) is 0 Å². The molecule has 1 saturated carbocycles. The molecule has 1 fully saturated rings. The van der Waals surface area contributed by atoms with Crippen molar-refractivity contribution in [3.63, 3.8) is 0 Å². The third-order valence-corrected chi connectivity index (χ3v) is 4.41. The first-order chi connectivity index (χ1) is 10.6. The third kappa shape index (κ3) is 4.47. The molecule has 1 aliphatic carbocycles. The van der Waals surface area contributed by atoms with Gasteiger partial charge in [0.05, 0.1) is 11.1 Å². The van der Waals surface area contributed by atoms with E-state index in [9.17, 15) is 4.79 Å². The highest BCUT2D eigenvalue weighted by molar-refractivity contribution is 5.95. The first-order valence-corrected chi connectivity index (χ1v) is 7.65. The molecule has 0 saturated heterocycles. The van der Waals surface area contributed by atoms with Crippen LogP contribution in [0.25, 0.3) is 11.1 Å². The Hall–Kier alpha value is -1.62. The van der Waals surface area contributed by atoms with E-state index < -0.39 is 0 Å². The van der Waals surface area contributed by atoms with Gasteiger partial charge >= 0.3 is 0 Å². The van der Waals surface area contributed by atoms with Gasteiger partial charge in [-0.25, -0.2) is 0 Å². The highest BCUT2D eigenvalue weighted by Crippen LogP contribution is 2.39. The van der Waals surface area contributed by atoms with Crippen molar-refractivity contribution in [3.05, 3.63) is 54.4 Å². The van der Waals surface area contributed by atoms with E-state index in [1.165, 1.54) is 0 Å². The summed E-state index contributed by atoms with van der Waals surface area (Å²) in [6.45, 7) is 2.48. The topological polar surface area (TPSA) is 68.0 Å². The number of pyridine rings is 1. The minimum atomic E-state index is -0.320. The quantitative estimate of drug-likeness (QED) is 0.850. The molecule has 1 unspecified atom stereocenters. The fourth-order valence-corrected chi connectivity index (χ4v) is 2.72. The van der Waals surface area contributed by atoms with E-state index in [4.69, 9.17) is 5.73 Å². The Kier molecular flexibility index (Phi) is 7.21. The summed E-state index contributed by atoms with van der Waals surface area (Å²) in [6, 6.07) is 11.8. The maximum Gasteiger partial charge on any atom is 0.253 e.